The van der Waals surface area contributed by atoms with Crippen molar-refractivity contribution in [2.24, 2.45) is 0 Å². The van der Waals surface area contributed by atoms with Gasteiger partial charge in [-0.05, 0) is 48.0 Å². The van der Waals surface area contributed by atoms with E-state index in [2.05, 4.69) is 5.32 Å². The minimum Gasteiger partial charge on any atom is -0.422 e. The van der Waals surface area contributed by atoms with Crippen LogP contribution in [0.3, 0.4) is 0 Å². The van der Waals surface area contributed by atoms with E-state index in [1.807, 2.05) is 18.2 Å². The largest absolute Gasteiger partial charge is 0.422 e. The third-order valence-corrected chi connectivity index (χ3v) is 5.85. The van der Waals surface area contributed by atoms with Gasteiger partial charge >= 0.3 is 5.63 Å². The lowest BCUT2D eigenvalue weighted by Crippen LogP contribution is -2.15. The molecule has 1 N–H and O–H groups in total. The van der Waals surface area contributed by atoms with Crippen molar-refractivity contribution in [1.29, 1.82) is 0 Å². The quantitative estimate of drug-likeness (QED) is 0.228. The molecule has 0 atom stereocenters. The lowest BCUT2D eigenvalue weighted by molar-refractivity contribution is 0.102. The summed E-state index contributed by atoms with van der Waals surface area (Å²) in [6.07, 6.45) is 0. The Labute approximate surface area is 205 Å². The van der Waals surface area contributed by atoms with Gasteiger partial charge in [-0.3, -0.25) is 9.59 Å². The number of ketones is 1. The van der Waals surface area contributed by atoms with E-state index in [1.165, 1.54) is 6.07 Å². The molecule has 1 aromatic heterocycles. The number of amides is 1. The molecule has 1 heterocycles. The van der Waals surface area contributed by atoms with E-state index < -0.39 is 11.5 Å². The van der Waals surface area contributed by atoms with Crippen molar-refractivity contribution in [3.63, 3.8) is 0 Å². The molecule has 0 aliphatic carbocycles. The van der Waals surface area contributed by atoms with Gasteiger partial charge in [0, 0.05) is 27.1 Å². The van der Waals surface area contributed by atoms with E-state index in [4.69, 9.17) is 16.0 Å². The van der Waals surface area contributed by atoms with Gasteiger partial charge in [-0.2, -0.15) is 0 Å². The number of anilines is 1. The molecule has 35 heavy (non-hydrogen) atoms. The van der Waals surface area contributed by atoms with Crippen LogP contribution in [0.2, 0.25) is 5.02 Å². The Kier molecular flexibility index (Phi) is 6.00. The highest BCUT2D eigenvalue weighted by atomic mass is 35.5. The summed E-state index contributed by atoms with van der Waals surface area (Å²) in [5.74, 6) is -0.645. The van der Waals surface area contributed by atoms with Crippen LogP contribution in [0, 0.1) is 0 Å². The fourth-order valence-corrected chi connectivity index (χ4v) is 3.99. The smallest absolute Gasteiger partial charge is 0.344 e. The Morgan fingerprint density at radius 2 is 1.46 bits per heavy atom. The number of hydrogen-bond acceptors (Lipinski definition) is 4. The first kappa shape index (κ1) is 22.3. The van der Waals surface area contributed by atoms with Crippen LogP contribution in [0.5, 0.6) is 0 Å². The Morgan fingerprint density at radius 3 is 2.23 bits per heavy atom. The fraction of sp³-hybridized carbons (Fsp3) is 0. The summed E-state index contributed by atoms with van der Waals surface area (Å²) in [5.41, 5.74) is 2.61. The van der Waals surface area contributed by atoms with Crippen molar-refractivity contribution in [1.82, 2.24) is 0 Å². The SMILES string of the molecule is O=C(Nc1ccc(Cl)cc1C(=O)c1ccccc1)c1ccc(-c2cc3ccccc3oc2=O)cc1. The Balaban J connectivity index is 1.41. The summed E-state index contributed by atoms with van der Waals surface area (Å²) < 4.78 is 5.41. The molecule has 0 spiro atoms. The average molecular weight is 480 g/mol. The molecule has 0 unspecified atom stereocenters. The van der Waals surface area contributed by atoms with Crippen LogP contribution < -0.4 is 10.9 Å². The van der Waals surface area contributed by atoms with Crippen molar-refractivity contribution in [2.45, 2.75) is 0 Å². The van der Waals surface area contributed by atoms with Crippen molar-refractivity contribution in [2.75, 3.05) is 5.32 Å². The van der Waals surface area contributed by atoms with Crippen LogP contribution in [0.25, 0.3) is 22.1 Å². The van der Waals surface area contributed by atoms with Crippen molar-refractivity contribution < 1.29 is 14.0 Å². The standard InChI is InChI=1S/C29H18ClNO4/c30-22-14-15-25(24(17-22)27(32)19-6-2-1-3-7-19)31-28(33)20-12-10-18(11-13-20)23-16-21-8-4-5-9-26(21)35-29(23)34/h1-17H,(H,31,33). The molecule has 0 aliphatic rings. The van der Waals surface area contributed by atoms with Gasteiger partial charge < -0.3 is 9.73 Å². The molecule has 5 nitrogen and oxygen atoms in total. The monoisotopic (exact) mass is 479 g/mol. The molecular formula is C29H18ClNO4. The van der Waals surface area contributed by atoms with E-state index in [9.17, 15) is 14.4 Å². The number of carbonyl (C=O) groups excluding carboxylic acids is 2. The van der Waals surface area contributed by atoms with Gasteiger partial charge in [-0.15, -0.1) is 0 Å². The molecule has 0 radical (unpaired) electrons. The Bertz CT molecular complexity index is 1620. The van der Waals surface area contributed by atoms with E-state index in [0.29, 0.717) is 44.1 Å². The van der Waals surface area contributed by atoms with Gasteiger partial charge in [0.25, 0.3) is 5.91 Å². The number of nitrogens with one attached hydrogen (secondary N) is 1. The van der Waals surface area contributed by atoms with Gasteiger partial charge in [0.2, 0.25) is 0 Å². The van der Waals surface area contributed by atoms with Crippen LogP contribution in [-0.4, -0.2) is 11.7 Å². The van der Waals surface area contributed by atoms with Crippen LogP contribution in [0.4, 0.5) is 5.69 Å². The summed E-state index contributed by atoms with van der Waals surface area (Å²) in [6.45, 7) is 0. The summed E-state index contributed by atoms with van der Waals surface area (Å²) in [7, 11) is 0. The molecule has 0 saturated carbocycles. The number of benzene rings is 4. The number of carbonyl (C=O) groups is 2. The second kappa shape index (κ2) is 9.41. The molecule has 5 rings (SSSR count). The zero-order chi connectivity index (χ0) is 24.4. The molecule has 0 bridgehead atoms. The van der Waals surface area contributed by atoms with Crippen molar-refractivity contribution >= 4 is 39.9 Å². The van der Waals surface area contributed by atoms with Crippen molar-refractivity contribution in [3.05, 3.63) is 135 Å². The molecule has 0 saturated heterocycles. The van der Waals surface area contributed by atoms with Crippen LogP contribution in [0.1, 0.15) is 26.3 Å². The molecule has 5 aromatic rings. The van der Waals surface area contributed by atoms with Gasteiger partial charge in [-0.1, -0.05) is 72.3 Å². The molecule has 1 amide bonds. The molecule has 0 aliphatic heterocycles. The lowest BCUT2D eigenvalue weighted by atomic mass is 10.0. The van der Waals surface area contributed by atoms with E-state index in [-0.39, 0.29) is 5.78 Å². The number of halogens is 1. The molecule has 6 heteroatoms. The minimum atomic E-state index is -0.453. The van der Waals surface area contributed by atoms with E-state index in [0.717, 1.165) is 5.39 Å². The maximum Gasteiger partial charge on any atom is 0.344 e. The Morgan fingerprint density at radius 1 is 0.743 bits per heavy atom. The van der Waals surface area contributed by atoms with Gasteiger partial charge in [0.1, 0.15) is 5.58 Å². The minimum absolute atomic E-state index is 0.248. The molecular weight excluding hydrogens is 462 g/mol. The summed E-state index contributed by atoms with van der Waals surface area (Å²) in [5, 5.41) is 4.00. The van der Waals surface area contributed by atoms with Crippen LogP contribution >= 0.6 is 11.6 Å². The van der Waals surface area contributed by atoms with Gasteiger partial charge in [-0.25, -0.2) is 4.79 Å². The highest BCUT2D eigenvalue weighted by Gasteiger charge is 2.17. The normalized spacial score (nSPS) is 10.8. The third-order valence-electron chi connectivity index (χ3n) is 5.61. The zero-order valence-corrected chi connectivity index (χ0v) is 19.1. The first-order valence-electron chi connectivity index (χ1n) is 10.8. The highest BCUT2D eigenvalue weighted by molar-refractivity contribution is 6.31. The average Bonchev–Trinajstić information content (AvgIpc) is 2.89. The molecule has 170 valence electrons. The topological polar surface area (TPSA) is 76.4 Å². The van der Waals surface area contributed by atoms with Gasteiger partial charge in [0.05, 0.1) is 11.3 Å². The summed E-state index contributed by atoms with van der Waals surface area (Å²) in [4.78, 5) is 38.4. The maximum absolute atomic E-state index is 13.0. The Hall–Kier alpha value is -4.48. The molecule has 0 fully saturated rings. The van der Waals surface area contributed by atoms with E-state index in [1.54, 1.807) is 78.9 Å². The second-order valence-corrected chi connectivity index (χ2v) is 8.34. The predicted molar refractivity (Wildman–Crippen MR) is 137 cm³/mol. The number of fused-ring (bicyclic) bond motifs is 1. The fourth-order valence-electron chi connectivity index (χ4n) is 3.82. The van der Waals surface area contributed by atoms with E-state index >= 15 is 0 Å². The third kappa shape index (κ3) is 4.63. The zero-order valence-electron chi connectivity index (χ0n) is 18.3. The number of hydrogen-bond donors (Lipinski definition) is 1. The predicted octanol–water partition coefficient (Wildman–Crippen LogP) is 6.60. The summed E-state index contributed by atoms with van der Waals surface area (Å²) >= 11 is 6.13. The first-order valence-corrected chi connectivity index (χ1v) is 11.2. The highest BCUT2D eigenvalue weighted by Crippen LogP contribution is 2.25. The lowest BCUT2D eigenvalue weighted by Gasteiger charge is -2.12. The van der Waals surface area contributed by atoms with Crippen molar-refractivity contribution in [3.8, 4) is 11.1 Å². The van der Waals surface area contributed by atoms with Gasteiger partial charge in [0.15, 0.2) is 5.78 Å². The second-order valence-electron chi connectivity index (χ2n) is 7.90. The summed E-state index contributed by atoms with van der Waals surface area (Å²) in [6, 6.07) is 29.2. The maximum atomic E-state index is 13.0. The van der Waals surface area contributed by atoms with Crippen LogP contribution in [-0.2, 0) is 0 Å². The number of para-hydroxylation sites is 1. The first-order chi connectivity index (χ1) is 17.0. The number of rotatable bonds is 5. The molecule has 4 aromatic carbocycles. The van der Waals surface area contributed by atoms with Crippen LogP contribution in [0.15, 0.2) is 112 Å².